The molecule has 100 valence electrons. The highest BCUT2D eigenvalue weighted by Gasteiger charge is 2.42. The molecule has 1 aromatic heterocycles. The lowest BCUT2D eigenvalue weighted by Gasteiger charge is -2.39. The van der Waals surface area contributed by atoms with Gasteiger partial charge in [-0.2, -0.15) is 16.9 Å². The molecule has 2 fully saturated rings. The molecule has 3 heterocycles. The molecule has 18 heavy (non-hydrogen) atoms. The van der Waals surface area contributed by atoms with Gasteiger partial charge >= 0.3 is 0 Å². The average Bonchev–Trinajstić information content (AvgIpc) is 2.98. The maximum Gasteiger partial charge on any atom is 0.101 e. The number of hydrogen-bond donors (Lipinski definition) is 1. The summed E-state index contributed by atoms with van der Waals surface area (Å²) in [4.78, 5) is 0. The van der Waals surface area contributed by atoms with Gasteiger partial charge in [-0.15, -0.1) is 0 Å². The summed E-state index contributed by atoms with van der Waals surface area (Å²) < 4.78 is 7.74. The van der Waals surface area contributed by atoms with E-state index in [0.29, 0.717) is 0 Å². The fraction of sp³-hybridized carbons (Fsp3) is 0.769. The van der Waals surface area contributed by atoms with Crippen molar-refractivity contribution < 1.29 is 9.84 Å². The van der Waals surface area contributed by atoms with Crippen LogP contribution in [0.5, 0.6) is 0 Å². The Hall–Kier alpha value is -0.520. The third-order valence-corrected chi connectivity index (χ3v) is 5.31. The van der Waals surface area contributed by atoms with E-state index in [2.05, 4.69) is 5.10 Å². The van der Waals surface area contributed by atoms with Crippen molar-refractivity contribution in [3.05, 3.63) is 18.0 Å². The van der Waals surface area contributed by atoms with Crippen LogP contribution in [-0.2, 0) is 11.8 Å². The van der Waals surface area contributed by atoms with E-state index in [1.807, 2.05) is 31.1 Å². The van der Waals surface area contributed by atoms with Crippen molar-refractivity contribution in [3.8, 4) is 0 Å². The van der Waals surface area contributed by atoms with Crippen LogP contribution in [0.15, 0.2) is 12.3 Å². The van der Waals surface area contributed by atoms with Gasteiger partial charge in [-0.3, -0.25) is 4.68 Å². The van der Waals surface area contributed by atoms with E-state index in [9.17, 15) is 5.11 Å². The van der Waals surface area contributed by atoms with E-state index in [1.165, 1.54) is 5.75 Å². The topological polar surface area (TPSA) is 47.3 Å². The van der Waals surface area contributed by atoms with E-state index >= 15 is 0 Å². The van der Waals surface area contributed by atoms with Gasteiger partial charge in [0.15, 0.2) is 0 Å². The minimum atomic E-state index is -0.447. The van der Waals surface area contributed by atoms with Gasteiger partial charge < -0.3 is 9.84 Å². The quantitative estimate of drug-likeness (QED) is 0.888. The van der Waals surface area contributed by atoms with Gasteiger partial charge in [-0.1, -0.05) is 0 Å². The summed E-state index contributed by atoms with van der Waals surface area (Å²) in [5.41, 5.74) is 0.828. The number of aromatic nitrogens is 2. The Bertz CT molecular complexity index is 415. The van der Waals surface area contributed by atoms with Crippen LogP contribution in [0.2, 0.25) is 0 Å². The van der Waals surface area contributed by atoms with E-state index < -0.39 is 6.10 Å². The molecule has 2 saturated heterocycles. The van der Waals surface area contributed by atoms with E-state index in [4.69, 9.17) is 4.74 Å². The predicted octanol–water partition coefficient (Wildman–Crippen LogP) is 1.76. The first-order chi connectivity index (χ1) is 8.69. The summed E-state index contributed by atoms with van der Waals surface area (Å²) in [7, 11) is 1.88. The van der Waals surface area contributed by atoms with Crippen molar-refractivity contribution in [2.45, 2.75) is 31.0 Å². The largest absolute Gasteiger partial charge is 0.386 e. The monoisotopic (exact) mass is 268 g/mol. The van der Waals surface area contributed by atoms with Crippen LogP contribution in [-0.4, -0.2) is 38.6 Å². The first kappa shape index (κ1) is 12.5. The predicted molar refractivity (Wildman–Crippen MR) is 71.5 cm³/mol. The number of thioether (sulfide) groups is 1. The second kappa shape index (κ2) is 4.87. The third kappa shape index (κ3) is 2.31. The summed E-state index contributed by atoms with van der Waals surface area (Å²) in [6, 6.07) is 1.91. The SMILES string of the molecule is Cn1ccc(C(O)C2CCOC3(CCSC3)C2)n1. The molecule has 1 N–H and O–H groups in total. The molecular weight excluding hydrogens is 248 g/mol. The zero-order chi connectivity index (χ0) is 12.6. The summed E-state index contributed by atoms with van der Waals surface area (Å²) in [5, 5.41) is 14.8. The lowest BCUT2D eigenvalue weighted by atomic mass is 9.81. The van der Waals surface area contributed by atoms with Crippen molar-refractivity contribution >= 4 is 11.8 Å². The Morgan fingerprint density at radius 1 is 1.67 bits per heavy atom. The third-order valence-electron chi connectivity index (χ3n) is 4.08. The van der Waals surface area contributed by atoms with Crippen molar-refractivity contribution in [2.24, 2.45) is 13.0 Å². The van der Waals surface area contributed by atoms with Gasteiger partial charge in [0, 0.05) is 25.6 Å². The van der Waals surface area contributed by atoms with Crippen molar-refractivity contribution in [3.63, 3.8) is 0 Å². The summed E-state index contributed by atoms with van der Waals surface area (Å²) in [5.74, 6) is 2.55. The highest BCUT2D eigenvalue weighted by atomic mass is 32.2. The molecule has 3 atom stereocenters. The number of aliphatic hydroxyl groups excluding tert-OH is 1. The van der Waals surface area contributed by atoms with E-state index in [-0.39, 0.29) is 11.5 Å². The molecule has 0 radical (unpaired) electrons. The Kier molecular flexibility index (Phi) is 3.38. The zero-order valence-corrected chi connectivity index (χ0v) is 11.5. The molecule has 0 bridgehead atoms. The second-order valence-electron chi connectivity index (χ2n) is 5.45. The molecule has 4 nitrogen and oxygen atoms in total. The Morgan fingerprint density at radius 2 is 2.56 bits per heavy atom. The molecule has 1 aromatic rings. The van der Waals surface area contributed by atoms with Crippen LogP contribution >= 0.6 is 11.8 Å². The average molecular weight is 268 g/mol. The van der Waals surface area contributed by atoms with Crippen LogP contribution in [0.1, 0.15) is 31.1 Å². The van der Waals surface area contributed by atoms with Gasteiger partial charge in [0.25, 0.3) is 0 Å². The van der Waals surface area contributed by atoms with E-state index in [1.54, 1.807) is 4.68 Å². The molecule has 5 heteroatoms. The minimum absolute atomic E-state index is 0.0311. The molecule has 2 aliphatic heterocycles. The second-order valence-corrected chi connectivity index (χ2v) is 6.55. The molecule has 0 aliphatic carbocycles. The Balaban J connectivity index is 1.72. The Labute approximate surface area is 112 Å². The summed E-state index contributed by atoms with van der Waals surface area (Å²) >= 11 is 1.97. The van der Waals surface area contributed by atoms with E-state index in [0.717, 1.165) is 37.3 Å². The maximum atomic E-state index is 10.5. The van der Waals surface area contributed by atoms with Crippen LogP contribution in [0.4, 0.5) is 0 Å². The lowest BCUT2D eigenvalue weighted by molar-refractivity contribution is -0.102. The number of aliphatic hydroxyl groups is 1. The normalized spacial score (nSPS) is 34.0. The van der Waals surface area contributed by atoms with Gasteiger partial charge in [0.2, 0.25) is 0 Å². The molecular formula is C13H20N2O2S. The molecule has 2 aliphatic rings. The van der Waals surface area contributed by atoms with Crippen LogP contribution in [0.25, 0.3) is 0 Å². The highest BCUT2D eigenvalue weighted by Crippen LogP contribution is 2.43. The van der Waals surface area contributed by atoms with Crippen LogP contribution in [0, 0.1) is 5.92 Å². The molecule has 1 spiro atoms. The molecule has 0 saturated carbocycles. The fourth-order valence-electron chi connectivity index (χ4n) is 3.03. The highest BCUT2D eigenvalue weighted by molar-refractivity contribution is 7.99. The number of nitrogens with zero attached hydrogens (tertiary/aromatic N) is 2. The van der Waals surface area contributed by atoms with Gasteiger partial charge in [0.05, 0.1) is 11.3 Å². The molecule has 3 rings (SSSR count). The van der Waals surface area contributed by atoms with Crippen molar-refractivity contribution in [2.75, 3.05) is 18.1 Å². The standard InChI is InChI=1S/C13H20N2O2S/c1-15-5-2-11(14-15)12(16)10-3-6-17-13(8-10)4-7-18-9-13/h2,5,10,12,16H,3-4,6-9H2,1H3. The zero-order valence-electron chi connectivity index (χ0n) is 10.7. The first-order valence-electron chi connectivity index (χ1n) is 6.58. The van der Waals surface area contributed by atoms with Gasteiger partial charge in [-0.25, -0.2) is 0 Å². The van der Waals surface area contributed by atoms with Crippen LogP contribution in [0.3, 0.4) is 0 Å². The van der Waals surface area contributed by atoms with Gasteiger partial charge in [-0.05, 0) is 37.0 Å². The number of hydrogen-bond acceptors (Lipinski definition) is 4. The number of rotatable bonds is 2. The fourth-order valence-corrected chi connectivity index (χ4v) is 4.41. The lowest BCUT2D eigenvalue weighted by Crippen LogP contribution is -2.41. The van der Waals surface area contributed by atoms with Crippen molar-refractivity contribution in [1.82, 2.24) is 9.78 Å². The minimum Gasteiger partial charge on any atom is -0.386 e. The van der Waals surface area contributed by atoms with Gasteiger partial charge in [0.1, 0.15) is 6.10 Å². The molecule has 0 amide bonds. The summed E-state index contributed by atoms with van der Waals surface area (Å²) in [6.45, 7) is 0.773. The first-order valence-corrected chi connectivity index (χ1v) is 7.73. The number of ether oxygens (including phenoxy) is 1. The summed E-state index contributed by atoms with van der Waals surface area (Å²) in [6.07, 6.45) is 4.47. The van der Waals surface area contributed by atoms with Crippen molar-refractivity contribution in [1.29, 1.82) is 0 Å². The smallest absolute Gasteiger partial charge is 0.101 e. The Morgan fingerprint density at radius 3 is 3.22 bits per heavy atom. The number of aryl methyl sites for hydroxylation is 1. The van der Waals surface area contributed by atoms with Crippen LogP contribution < -0.4 is 0 Å². The molecule has 3 unspecified atom stereocenters. The molecule has 0 aromatic carbocycles. The maximum absolute atomic E-state index is 10.5.